The summed E-state index contributed by atoms with van der Waals surface area (Å²) in [6.45, 7) is 0. The fraction of sp³-hybridized carbons (Fsp3) is 0. The van der Waals surface area contributed by atoms with Crippen molar-refractivity contribution >= 4 is 45.4 Å². The fourth-order valence-electron chi connectivity index (χ4n) is 1.82. The number of amides is 1. The lowest BCUT2D eigenvalue weighted by Crippen LogP contribution is -2.13. The second-order valence-corrected chi connectivity index (χ2v) is 5.75. The quantitative estimate of drug-likeness (QED) is 0.769. The van der Waals surface area contributed by atoms with Crippen molar-refractivity contribution in [2.24, 2.45) is 0 Å². The van der Waals surface area contributed by atoms with E-state index in [0.29, 0.717) is 9.21 Å². The molecule has 0 saturated heterocycles. The zero-order valence-corrected chi connectivity index (χ0v) is 11.4. The van der Waals surface area contributed by atoms with Gasteiger partial charge in [0.1, 0.15) is 5.69 Å². The summed E-state index contributed by atoms with van der Waals surface area (Å²) in [5.41, 5.74) is 1.76. The molecule has 2 heterocycles. The third-order valence-corrected chi connectivity index (χ3v) is 3.94. The lowest BCUT2D eigenvalue weighted by Gasteiger charge is -2.01. The number of carbonyl (C=O) groups excluding carboxylic acids is 1. The van der Waals surface area contributed by atoms with Crippen LogP contribution in [0.2, 0.25) is 4.34 Å². The lowest BCUT2D eigenvalue weighted by molar-refractivity contribution is -0.343. The van der Waals surface area contributed by atoms with E-state index in [4.69, 9.17) is 11.6 Å². The van der Waals surface area contributed by atoms with Crippen molar-refractivity contribution in [3.8, 4) is 0 Å². The van der Waals surface area contributed by atoms with E-state index in [1.807, 2.05) is 30.3 Å². The molecule has 5 heteroatoms. The van der Waals surface area contributed by atoms with E-state index in [2.05, 4.69) is 10.3 Å². The molecule has 0 aliphatic heterocycles. The van der Waals surface area contributed by atoms with Gasteiger partial charge in [0.25, 0.3) is 5.91 Å². The second-order valence-electron chi connectivity index (χ2n) is 4.03. The van der Waals surface area contributed by atoms with Crippen LogP contribution in [0.15, 0.2) is 48.7 Å². The van der Waals surface area contributed by atoms with Crippen molar-refractivity contribution in [2.75, 3.05) is 5.32 Å². The molecule has 0 atom stereocenters. The number of nitrogens with one attached hydrogen (secondary N) is 2. The normalized spacial score (nSPS) is 10.6. The van der Waals surface area contributed by atoms with E-state index >= 15 is 0 Å². The van der Waals surface area contributed by atoms with Crippen LogP contribution < -0.4 is 10.3 Å². The van der Waals surface area contributed by atoms with Gasteiger partial charge in [0.15, 0.2) is 6.20 Å². The number of H-pyrrole nitrogens is 1. The lowest BCUT2D eigenvalue weighted by atomic mass is 10.2. The predicted molar refractivity (Wildman–Crippen MR) is 77.8 cm³/mol. The van der Waals surface area contributed by atoms with Crippen LogP contribution >= 0.6 is 22.9 Å². The fourth-order valence-corrected chi connectivity index (χ4v) is 2.76. The Kier molecular flexibility index (Phi) is 3.19. The molecule has 19 heavy (non-hydrogen) atoms. The first-order valence-corrected chi connectivity index (χ1v) is 6.89. The molecular formula is C14H10ClN2OS+. The Hall–Kier alpha value is -1.91. The first kappa shape index (κ1) is 12.1. The molecular weight excluding hydrogens is 280 g/mol. The number of fused-ring (bicyclic) bond motifs is 1. The minimum atomic E-state index is -0.152. The Morgan fingerprint density at radius 3 is 2.84 bits per heavy atom. The Labute approximate surface area is 118 Å². The van der Waals surface area contributed by atoms with Crippen LogP contribution in [0.25, 0.3) is 10.9 Å². The molecule has 0 unspecified atom stereocenters. The molecule has 0 aliphatic carbocycles. The average Bonchev–Trinajstić information content (AvgIpc) is 2.85. The van der Waals surface area contributed by atoms with Gasteiger partial charge in [-0.3, -0.25) is 4.79 Å². The number of anilines is 1. The van der Waals surface area contributed by atoms with E-state index in [9.17, 15) is 4.79 Å². The minimum absolute atomic E-state index is 0.152. The SMILES string of the molecule is O=C(Nc1c[nH+]c2ccccc2c1)c1ccc(Cl)s1. The molecule has 0 radical (unpaired) electrons. The highest BCUT2D eigenvalue weighted by Gasteiger charge is 2.10. The van der Waals surface area contributed by atoms with Crippen LogP contribution in [0, 0.1) is 0 Å². The monoisotopic (exact) mass is 289 g/mol. The number of para-hydroxylation sites is 1. The maximum atomic E-state index is 12.0. The van der Waals surface area contributed by atoms with Gasteiger partial charge in [0, 0.05) is 11.5 Å². The van der Waals surface area contributed by atoms with Crippen molar-refractivity contribution < 1.29 is 9.78 Å². The topological polar surface area (TPSA) is 43.2 Å². The van der Waals surface area contributed by atoms with E-state index in [1.54, 1.807) is 18.3 Å². The molecule has 3 aromatic rings. The van der Waals surface area contributed by atoms with Crippen molar-refractivity contribution in [2.45, 2.75) is 0 Å². The van der Waals surface area contributed by atoms with Crippen LogP contribution in [-0.2, 0) is 0 Å². The van der Waals surface area contributed by atoms with Gasteiger partial charge in [-0.25, -0.2) is 4.98 Å². The van der Waals surface area contributed by atoms with Crippen LogP contribution in [0.5, 0.6) is 0 Å². The molecule has 0 bridgehead atoms. The second kappa shape index (κ2) is 4.99. The predicted octanol–water partition coefficient (Wildman–Crippen LogP) is 3.62. The highest BCUT2D eigenvalue weighted by Crippen LogP contribution is 2.22. The summed E-state index contributed by atoms with van der Waals surface area (Å²) >= 11 is 7.08. The van der Waals surface area contributed by atoms with Crippen molar-refractivity contribution in [1.29, 1.82) is 0 Å². The number of thiophene rings is 1. The number of benzene rings is 1. The van der Waals surface area contributed by atoms with Gasteiger partial charge in [-0.1, -0.05) is 23.7 Å². The highest BCUT2D eigenvalue weighted by molar-refractivity contribution is 7.18. The van der Waals surface area contributed by atoms with Crippen LogP contribution in [0.3, 0.4) is 0 Å². The third-order valence-electron chi connectivity index (χ3n) is 2.71. The molecule has 0 saturated carbocycles. The molecule has 94 valence electrons. The van der Waals surface area contributed by atoms with E-state index in [1.165, 1.54) is 11.3 Å². The number of hydrogen-bond donors (Lipinski definition) is 1. The van der Waals surface area contributed by atoms with Crippen LogP contribution in [-0.4, -0.2) is 5.91 Å². The smallest absolute Gasteiger partial charge is 0.265 e. The molecule has 3 rings (SSSR count). The summed E-state index contributed by atoms with van der Waals surface area (Å²) in [7, 11) is 0. The summed E-state index contributed by atoms with van der Waals surface area (Å²) in [5.74, 6) is -0.152. The summed E-state index contributed by atoms with van der Waals surface area (Å²) in [6.07, 6.45) is 1.77. The first-order chi connectivity index (χ1) is 9.22. The summed E-state index contributed by atoms with van der Waals surface area (Å²) in [6, 6.07) is 13.3. The number of halogens is 1. The van der Waals surface area contributed by atoms with Gasteiger partial charge in [-0.15, -0.1) is 11.3 Å². The van der Waals surface area contributed by atoms with Crippen LogP contribution in [0.1, 0.15) is 9.67 Å². The summed E-state index contributed by atoms with van der Waals surface area (Å²) in [4.78, 5) is 15.7. The average molecular weight is 290 g/mol. The third kappa shape index (κ3) is 2.59. The largest absolute Gasteiger partial charge is 0.316 e. The zero-order chi connectivity index (χ0) is 13.2. The highest BCUT2D eigenvalue weighted by atomic mass is 35.5. The molecule has 0 spiro atoms. The zero-order valence-electron chi connectivity index (χ0n) is 9.81. The van der Waals surface area contributed by atoms with Gasteiger partial charge >= 0.3 is 0 Å². The molecule has 1 aromatic carbocycles. The molecule has 3 nitrogen and oxygen atoms in total. The van der Waals surface area contributed by atoms with Crippen molar-refractivity contribution in [1.82, 2.24) is 0 Å². The van der Waals surface area contributed by atoms with E-state index < -0.39 is 0 Å². The number of carbonyl (C=O) groups is 1. The Balaban J connectivity index is 1.87. The number of aromatic nitrogens is 1. The Bertz CT molecular complexity index is 754. The number of hydrogen-bond acceptors (Lipinski definition) is 2. The maximum Gasteiger partial charge on any atom is 0.265 e. The van der Waals surface area contributed by atoms with Crippen molar-refractivity contribution in [3.05, 3.63) is 57.9 Å². The van der Waals surface area contributed by atoms with Gasteiger partial charge in [0.2, 0.25) is 5.52 Å². The molecule has 2 N–H and O–H groups in total. The molecule has 1 amide bonds. The Morgan fingerprint density at radius 1 is 1.21 bits per heavy atom. The number of aromatic amines is 1. The van der Waals surface area contributed by atoms with Gasteiger partial charge in [-0.05, 0) is 24.3 Å². The van der Waals surface area contributed by atoms with Gasteiger partial charge in [-0.2, -0.15) is 0 Å². The number of pyridine rings is 1. The summed E-state index contributed by atoms with van der Waals surface area (Å²) < 4.78 is 0.607. The minimum Gasteiger partial charge on any atom is -0.316 e. The van der Waals surface area contributed by atoms with E-state index in [0.717, 1.165) is 16.6 Å². The van der Waals surface area contributed by atoms with Crippen LogP contribution in [0.4, 0.5) is 5.69 Å². The standard InChI is InChI=1S/C14H9ClN2OS/c15-13-6-5-12(19-13)14(18)17-10-7-9-3-1-2-4-11(9)16-8-10/h1-8H,(H,17,18)/p+1. The summed E-state index contributed by atoms with van der Waals surface area (Å²) in [5, 5.41) is 3.89. The van der Waals surface area contributed by atoms with E-state index in [-0.39, 0.29) is 5.91 Å². The van der Waals surface area contributed by atoms with Gasteiger partial charge < -0.3 is 5.32 Å². The molecule has 0 fully saturated rings. The maximum absolute atomic E-state index is 12.0. The first-order valence-electron chi connectivity index (χ1n) is 5.69. The molecule has 0 aliphatic rings. The number of rotatable bonds is 2. The van der Waals surface area contributed by atoms with Gasteiger partial charge in [0.05, 0.1) is 9.21 Å². The van der Waals surface area contributed by atoms with Crippen molar-refractivity contribution in [3.63, 3.8) is 0 Å². The Morgan fingerprint density at radius 2 is 2.05 bits per heavy atom. The molecule has 2 aromatic heterocycles.